The molecule has 0 fully saturated rings. The topological polar surface area (TPSA) is 86.8 Å². The van der Waals surface area contributed by atoms with Crippen LogP contribution in [0, 0.1) is 19.7 Å². The molecule has 1 unspecified atom stereocenters. The van der Waals surface area contributed by atoms with Crippen molar-refractivity contribution < 1.29 is 22.4 Å². The van der Waals surface area contributed by atoms with Crippen molar-refractivity contribution in [1.29, 1.82) is 0 Å². The molecule has 1 N–H and O–H groups in total. The summed E-state index contributed by atoms with van der Waals surface area (Å²) in [4.78, 5) is 29.2. The van der Waals surface area contributed by atoms with Crippen LogP contribution in [0.25, 0.3) is 0 Å². The maximum Gasteiger partial charge on any atom is 0.264 e. The number of anilines is 1. The largest absolute Gasteiger partial charge is 0.355 e. The third-order valence-electron chi connectivity index (χ3n) is 7.24. The molecule has 0 aromatic heterocycles. The normalized spacial score (nSPS) is 11.9. The van der Waals surface area contributed by atoms with E-state index in [4.69, 9.17) is 11.6 Å². The van der Waals surface area contributed by atoms with Gasteiger partial charge in [-0.05, 0) is 68.3 Å². The van der Waals surface area contributed by atoms with Crippen molar-refractivity contribution in [3.8, 4) is 0 Å². The molecule has 2 amide bonds. The highest BCUT2D eigenvalue weighted by Crippen LogP contribution is 2.30. The Hall–Kier alpha value is -4.21. The average molecular weight is 636 g/mol. The predicted molar refractivity (Wildman–Crippen MR) is 171 cm³/mol. The second kappa shape index (κ2) is 14.5. The minimum atomic E-state index is -4.26. The molecule has 0 bridgehead atoms. The van der Waals surface area contributed by atoms with Crippen molar-refractivity contribution >= 4 is 39.1 Å². The summed E-state index contributed by atoms with van der Waals surface area (Å²) in [7, 11) is -4.26. The lowest BCUT2D eigenvalue weighted by molar-refractivity contribution is -0.140. The zero-order valence-electron chi connectivity index (χ0n) is 24.8. The van der Waals surface area contributed by atoms with Gasteiger partial charge >= 0.3 is 0 Å². The number of likely N-dealkylation sites (N-methyl/N-ethyl adjacent to an activating group) is 1. The Labute approximate surface area is 263 Å². The summed E-state index contributed by atoms with van der Waals surface area (Å²) in [6, 6.07) is 25.1. The monoisotopic (exact) mass is 635 g/mol. The summed E-state index contributed by atoms with van der Waals surface area (Å²) in [6.07, 6.45) is 0.136. The Morgan fingerprint density at radius 3 is 2.20 bits per heavy atom. The van der Waals surface area contributed by atoms with Crippen molar-refractivity contribution in [3.05, 3.63) is 130 Å². The lowest BCUT2D eigenvalue weighted by Gasteiger charge is -2.34. The van der Waals surface area contributed by atoms with Gasteiger partial charge < -0.3 is 10.2 Å². The first-order valence-corrected chi connectivity index (χ1v) is 16.0. The Morgan fingerprint density at radius 1 is 0.909 bits per heavy atom. The van der Waals surface area contributed by atoms with Gasteiger partial charge in [0.1, 0.15) is 18.4 Å². The molecule has 0 aliphatic heterocycles. The summed E-state index contributed by atoms with van der Waals surface area (Å²) in [5, 5.41) is 3.20. The maximum atomic E-state index is 15.0. The van der Waals surface area contributed by atoms with Crippen LogP contribution in [0.5, 0.6) is 0 Å². The number of sulfonamides is 1. The van der Waals surface area contributed by atoms with E-state index in [1.54, 1.807) is 50.2 Å². The predicted octanol–water partition coefficient (Wildman–Crippen LogP) is 6.07. The Kier molecular flexibility index (Phi) is 10.8. The molecule has 0 radical (unpaired) electrons. The Morgan fingerprint density at radius 2 is 1.57 bits per heavy atom. The molecule has 4 rings (SSSR count). The number of halogens is 2. The molecule has 0 heterocycles. The smallest absolute Gasteiger partial charge is 0.264 e. The van der Waals surface area contributed by atoms with Gasteiger partial charge in [-0.1, -0.05) is 77.8 Å². The third kappa shape index (κ3) is 7.84. The lowest BCUT2D eigenvalue weighted by atomic mass is 10.0. The van der Waals surface area contributed by atoms with Gasteiger partial charge in [0.05, 0.1) is 10.6 Å². The van der Waals surface area contributed by atoms with E-state index in [-0.39, 0.29) is 29.1 Å². The number of rotatable bonds is 12. The quantitative estimate of drug-likeness (QED) is 0.205. The highest BCUT2D eigenvalue weighted by molar-refractivity contribution is 7.92. The van der Waals surface area contributed by atoms with E-state index >= 15 is 0 Å². The van der Waals surface area contributed by atoms with E-state index < -0.39 is 40.2 Å². The number of aryl methyl sites for hydroxylation is 2. The fourth-order valence-electron chi connectivity index (χ4n) is 4.91. The van der Waals surface area contributed by atoms with Gasteiger partial charge in [0.2, 0.25) is 11.8 Å². The van der Waals surface area contributed by atoms with E-state index in [2.05, 4.69) is 5.32 Å². The molecule has 4 aromatic carbocycles. The van der Waals surface area contributed by atoms with Crippen LogP contribution in [0.1, 0.15) is 29.2 Å². The second-order valence-corrected chi connectivity index (χ2v) is 12.8. The van der Waals surface area contributed by atoms with Crippen molar-refractivity contribution in [2.45, 2.75) is 44.7 Å². The summed E-state index contributed by atoms with van der Waals surface area (Å²) in [5.41, 5.74) is 2.64. The molecule has 0 aliphatic carbocycles. The number of hydrogen-bond acceptors (Lipinski definition) is 4. The average Bonchev–Trinajstić information content (AvgIpc) is 2.99. The molecule has 44 heavy (non-hydrogen) atoms. The number of nitrogens with zero attached hydrogens (tertiary/aromatic N) is 2. The standard InChI is InChI=1S/C34H35ClFN3O4S/c1-4-37-34(41)32(21-26-10-6-5-7-11-26)38(22-27-12-8-9-13-30(27)36)33(40)23-39(31-19-16-28(35)20-25(31)3)44(42,43)29-17-14-24(2)15-18-29/h5-20,32H,4,21-23H2,1-3H3,(H,37,41). The summed E-state index contributed by atoms with van der Waals surface area (Å²) in [5.74, 6) is -1.65. The van der Waals surface area contributed by atoms with Crippen LogP contribution in [0.2, 0.25) is 5.02 Å². The van der Waals surface area contributed by atoms with Crippen LogP contribution < -0.4 is 9.62 Å². The molecule has 0 saturated carbocycles. The van der Waals surface area contributed by atoms with Gasteiger partial charge in [0, 0.05) is 30.1 Å². The van der Waals surface area contributed by atoms with Crippen molar-refractivity contribution in [2.75, 3.05) is 17.4 Å². The lowest BCUT2D eigenvalue weighted by Crippen LogP contribution is -2.53. The third-order valence-corrected chi connectivity index (χ3v) is 9.25. The highest BCUT2D eigenvalue weighted by Gasteiger charge is 2.35. The Balaban J connectivity index is 1.83. The van der Waals surface area contributed by atoms with Crippen molar-refractivity contribution in [3.63, 3.8) is 0 Å². The summed E-state index contributed by atoms with van der Waals surface area (Å²) >= 11 is 6.19. The molecular formula is C34H35ClFN3O4S. The van der Waals surface area contributed by atoms with Crippen LogP contribution >= 0.6 is 11.6 Å². The minimum Gasteiger partial charge on any atom is -0.355 e. The molecule has 0 spiro atoms. The molecule has 0 aliphatic rings. The maximum absolute atomic E-state index is 15.0. The molecule has 10 heteroatoms. The van der Waals surface area contributed by atoms with Gasteiger partial charge in [0.15, 0.2) is 0 Å². The van der Waals surface area contributed by atoms with Gasteiger partial charge in [-0.15, -0.1) is 0 Å². The van der Waals surface area contributed by atoms with E-state index in [0.29, 0.717) is 17.1 Å². The van der Waals surface area contributed by atoms with Gasteiger partial charge in [-0.25, -0.2) is 12.8 Å². The first-order valence-electron chi connectivity index (χ1n) is 14.2. The van der Waals surface area contributed by atoms with Crippen LogP contribution in [0.3, 0.4) is 0 Å². The molecule has 230 valence electrons. The van der Waals surface area contributed by atoms with Gasteiger partial charge in [-0.3, -0.25) is 13.9 Å². The van der Waals surface area contributed by atoms with E-state index in [9.17, 15) is 22.4 Å². The number of nitrogens with one attached hydrogen (secondary N) is 1. The minimum absolute atomic E-state index is 0.00420. The molecular weight excluding hydrogens is 601 g/mol. The Bertz CT molecular complexity index is 1720. The molecule has 1 atom stereocenters. The fraction of sp³-hybridized carbons (Fsp3) is 0.235. The molecule has 4 aromatic rings. The van der Waals surface area contributed by atoms with Gasteiger partial charge in [0.25, 0.3) is 10.0 Å². The molecule has 0 saturated heterocycles. The second-order valence-electron chi connectivity index (χ2n) is 10.5. The number of carbonyl (C=O) groups excluding carboxylic acids is 2. The fourth-order valence-corrected chi connectivity index (χ4v) is 6.61. The van der Waals surface area contributed by atoms with Crippen LogP contribution in [0.4, 0.5) is 10.1 Å². The molecule has 7 nitrogen and oxygen atoms in total. The van der Waals surface area contributed by atoms with Crippen LogP contribution in [0.15, 0.2) is 102 Å². The zero-order chi connectivity index (χ0) is 31.9. The van der Waals surface area contributed by atoms with E-state index in [1.807, 2.05) is 37.3 Å². The van der Waals surface area contributed by atoms with Crippen molar-refractivity contribution in [2.24, 2.45) is 0 Å². The summed E-state index contributed by atoms with van der Waals surface area (Å²) < 4.78 is 44.2. The number of amides is 2. The van der Waals surface area contributed by atoms with E-state index in [1.165, 1.54) is 35.2 Å². The first kappa shape index (κ1) is 32.7. The first-order chi connectivity index (χ1) is 21.0. The van der Waals surface area contributed by atoms with Gasteiger partial charge in [-0.2, -0.15) is 0 Å². The number of hydrogen-bond donors (Lipinski definition) is 1. The zero-order valence-corrected chi connectivity index (χ0v) is 26.4. The SMILES string of the molecule is CCNC(=O)C(Cc1ccccc1)N(Cc1ccccc1F)C(=O)CN(c1ccc(Cl)cc1C)S(=O)(=O)c1ccc(C)cc1. The summed E-state index contributed by atoms with van der Waals surface area (Å²) in [6.45, 7) is 4.72. The van der Waals surface area contributed by atoms with Crippen LogP contribution in [-0.4, -0.2) is 44.3 Å². The number of benzene rings is 4. The van der Waals surface area contributed by atoms with E-state index in [0.717, 1.165) is 15.4 Å². The number of carbonyl (C=O) groups is 2. The van der Waals surface area contributed by atoms with Crippen LogP contribution in [-0.2, 0) is 32.6 Å². The highest BCUT2D eigenvalue weighted by atomic mass is 35.5. The van der Waals surface area contributed by atoms with Crippen molar-refractivity contribution in [1.82, 2.24) is 10.2 Å².